The molecule has 100 valence electrons. The Morgan fingerprint density at radius 3 is 2.80 bits per heavy atom. The molecule has 0 spiro atoms. The van der Waals surface area contributed by atoms with Crippen LogP contribution < -0.4 is 10.6 Å². The van der Waals surface area contributed by atoms with Crippen molar-refractivity contribution in [3.05, 3.63) is 48.2 Å². The zero-order chi connectivity index (χ0) is 14.2. The smallest absolute Gasteiger partial charge is 0.183 e. The van der Waals surface area contributed by atoms with Crippen molar-refractivity contribution in [2.24, 2.45) is 0 Å². The average Bonchev–Trinajstić information content (AvgIpc) is 2.49. The third kappa shape index (κ3) is 3.96. The Hall–Kier alpha value is -2.59. The summed E-state index contributed by atoms with van der Waals surface area (Å²) in [5.74, 6) is 0.352. The Bertz CT molecular complexity index is 622. The number of anilines is 1. The minimum absolute atomic E-state index is 0.210. The summed E-state index contributed by atoms with van der Waals surface area (Å²) in [6.45, 7) is 0.644. The van der Waals surface area contributed by atoms with E-state index in [-0.39, 0.29) is 5.69 Å². The van der Waals surface area contributed by atoms with Gasteiger partial charge < -0.3 is 10.6 Å². The van der Waals surface area contributed by atoms with E-state index in [1.54, 1.807) is 6.20 Å². The Morgan fingerprint density at radius 1 is 1.20 bits per heavy atom. The number of nitriles is 1. The molecule has 0 unspecified atom stereocenters. The molecule has 0 aromatic carbocycles. The SMILES string of the molecule is N#Cc1nccnc1NC(=S)NCCc1ccccn1. The predicted molar refractivity (Wildman–Crippen MR) is 78.9 cm³/mol. The lowest BCUT2D eigenvalue weighted by atomic mass is 10.3. The normalized spacial score (nSPS) is 9.55. The fraction of sp³-hybridized carbons (Fsp3) is 0.154. The maximum absolute atomic E-state index is 8.89. The second-order valence-corrected chi connectivity index (χ2v) is 4.23. The highest BCUT2D eigenvalue weighted by atomic mass is 32.1. The molecule has 2 aromatic rings. The van der Waals surface area contributed by atoms with Crippen LogP contribution in [-0.4, -0.2) is 26.6 Å². The van der Waals surface area contributed by atoms with Gasteiger partial charge >= 0.3 is 0 Å². The monoisotopic (exact) mass is 284 g/mol. The minimum Gasteiger partial charge on any atom is -0.362 e. The first-order valence-corrected chi connectivity index (χ1v) is 6.36. The molecular weight excluding hydrogens is 272 g/mol. The van der Waals surface area contributed by atoms with E-state index in [9.17, 15) is 0 Å². The molecule has 20 heavy (non-hydrogen) atoms. The Labute approximate surface area is 121 Å². The van der Waals surface area contributed by atoms with Gasteiger partial charge in [0.1, 0.15) is 6.07 Å². The lowest BCUT2D eigenvalue weighted by molar-refractivity contribution is 0.847. The van der Waals surface area contributed by atoms with Crippen LogP contribution in [0, 0.1) is 11.3 Å². The van der Waals surface area contributed by atoms with Gasteiger partial charge in [-0.15, -0.1) is 0 Å². The molecule has 0 saturated heterocycles. The molecule has 0 radical (unpaired) electrons. The van der Waals surface area contributed by atoms with Crippen LogP contribution in [0.5, 0.6) is 0 Å². The number of nitrogens with one attached hydrogen (secondary N) is 2. The minimum atomic E-state index is 0.210. The number of pyridine rings is 1. The molecule has 0 aliphatic rings. The van der Waals surface area contributed by atoms with Crippen LogP contribution in [0.1, 0.15) is 11.4 Å². The molecule has 2 heterocycles. The first-order chi connectivity index (χ1) is 9.79. The molecule has 0 atom stereocenters. The van der Waals surface area contributed by atoms with Crippen LogP contribution >= 0.6 is 12.2 Å². The van der Waals surface area contributed by atoms with Gasteiger partial charge in [0.25, 0.3) is 0 Å². The fourth-order valence-corrected chi connectivity index (χ4v) is 1.71. The number of hydrogen-bond donors (Lipinski definition) is 2. The van der Waals surface area contributed by atoms with Crippen molar-refractivity contribution >= 4 is 23.1 Å². The van der Waals surface area contributed by atoms with Crippen molar-refractivity contribution in [3.8, 4) is 6.07 Å². The van der Waals surface area contributed by atoms with Gasteiger partial charge in [0.05, 0.1) is 0 Å². The molecule has 2 aromatic heterocycles. The summed E-state index contributed by atoms with van der Waals surface area (Å²) in [7, 11) is 0. The lowest BCUT2D eigenvalue weighted by Crippen LogP contribution is -2.31. The van der Waals surface area contributed by atoms with E-state index in [0.29, 0.717) is 17.5 Å². The summed E-state index contributed by atoms with van der Waals surface area (Å²) in [5, 5.41) is 15.2. The van der Waals surface area contributed by atoms with Crippen LogP contribution in [-0.2, 0) is 6.42 Å². The molecule has 0 saturated carbocycles. The molecule has 2 rings (SSSR count). The maximum Gasteiger partial charge on any atom is 0.183 e. The van der Waals surface area contributed by atoms with E-state index in [4.69, 9.17) is 17.5 Å². The third-order valence-electron chi connectivity index (χ3n) is 2.43. The van der Waals surface area contributed by atoms with Crippen molar-refractivity contribution in [1.82, 2.24) is 20.3 Å². The average molecular weight is 284 g/mol. The standard InChI is InChI=1S/C13H12N6S/c14-9-11-12(17-8-7-16-11)19-13(20)18-6-4-10-3-1-2-5-15-10/h1-3,5,7-8H,4,6H2,(H2,17,18,19,20). The molecule has 7 heteroatoms. The highest BCUT2D eigenvalue weighted by molar-refractivity contribution is 7.80. The van der Waals surface area contributed by atoms with Gasteiger partial charge in [-0.1, -0.05) is 6.07 Å². The second kappa shape index (κ2) is 7.11. The van der Waals surface area contributed by atoms with Crippen molar-refractivity contribution in [2.45, 2.75) is 6.42 Å². The van der Waals surface area contributed by atoms with E-state index < -0.39 is 0 Å². The Morgan fingerprint density at radius 2 is 2.05 bits per heavy atom. The summed E-state index contributed by atoms with van der Waals surface area (Å²) in [6.07, 6.45) is 5.47. The molecule has 0 aliphatic heterocycles. The summed E-state index contributed by atoms with van der Waals surface area (Å²) in [5.41, 5.74) is 1.20. The number of aromatic nitrogens is 3. The van der Waals surface area contributed by atoms with Gasteiger partial charge in [0.15, 0.2) is 16.6 Å². The summed E-state index contributed by atoms with van der Waals surface area (Å²) >= 11 is 5.14. The summed E-state index contributed by atoms with van der Waals surface area (Å²) < 4.78 is 0. The van der Waals surface area contributed by atoms with Gasteiger partial charge in [-0.2, -0.15) is 5.26 Å². The van der Waals surface area contributed by atoms with Crippen molar-refractivity contribution in [2.75, 3.05) is 11.9 Å². The van der Waals surface area contributed by atoms with Gasteiger partial charge in [-0.25, -0.2) is 9.97 Å². The molecule has 0 fully saturated rings. The number of rotatable bonds is 4. The van der Waals surface area contributed by atoms with E-state index in [2.05, 4.69) is 25.6 Å². The van der Waals surface area contributed by atoms with Crippen LogP contribution in [0.15, 0.2) is 36.8 Å². The zero-order valence-corrected chi connectivity index (χ0v) is 11.4. The predicted octanol–water partition coefficient (Wildman–Crippen LogP) is 1.27. The molecular formula is C13H12N6S. The van der Waals surface area contributed by atoms with Gasteiger partial charge in [-0.05, 0) is 24.4 Å². The second-order valence-electron chi connectivity index (χ2n) is 3.82. The van der Waals surface area contributed by atoms with Crippen LogP contribution in [0.2, 0.25) is 0 Å². The number of thiocarbonyl (C=S) groups is 1. The first kappa shape index (κ1) is 13.8. The fourth-order valence-electron chi connectivity index (χ4n) is 1.51. The lowest BCUT2D eigenvalue weighted by Gasteiger charge is -2.09. The summed E-state index contributed by atoms with van der Waals surface area (Å²) in [6, 6.07) is 7.72. The van der Waals surface area contributed by atoms with Crippen LogP contribution in [0.3, 0.4) is 0 Å². The molecule has 0 bridgehead atoms. The van der Waals surface area contributed by atoms with Crippen LogP contribution in [0.4, 0.5) is 5.82 Å². The highest BCUT2D eigenvalue weighted by Crippen LogP contribution is 2.05. The summed E-state index contributed by atoms with van der Waals surface area (Å²) in [4.78, 5) is 12.1. The van der Waals surface area contributed by atoms with E-state index in [0.717, 1.165) is 12.1 Å². The van der Waals surface area contributed by atoms with Crippen LogP contribution in [0.25, 0.3) is 0 Å². The molecule has 6 nitrogen and oxygen atoms in total. The topological polar surface area (TPSA) is 86.5 Å². The van der Waals surface area contributed by atoms with Gasteiger partial charge in [-0.3, -0.25) is 4.98 Å². The largest absolute Gasteiger partial charge is 0.362 e. The van der Waals surface area contributed by atoms with Crippen molar-refractivity contribution in [3.63, 3.8) is 0 Å². The Balaban J connectivity index is 1.83. The number of nitrogens with zero attached hydrogens (tertiary/aromatic N) is 4. The third-order valence-corrected chi connectivity index (χ3v) is 2.68. The van der Waals surface area contributed by atoms with E-state index in [1.165, 1.54) is 12.4 Å². The van der Waals surface area contributed by atoms with Gasteiger partial charge in [0.2, 0.25) is 0 Å². The highest BCUT2D eigenvalue weighted by Gasteiger charge is 2.05. The van der Waals surface area contributed by atoms with E-state index in [1.807, 2.05) is 24.3 Å². The molecule has 2 N–H and O–H groups in total. The van der Waals surface area contributed by atoms with Gasteiger partial charge in [0, 0.05) is 37.3 Å². The number of hydrogen-bond acceptors (Lipinski definition) is 5. The Kier molecular flexibility index (Phi) is 4.92. The quantitative estimate of drug-likeness (QED) is 0.818. The molecule has 0 aliphatic carbocycles. The van der Waals surface area contributed by atoms with Crippen molar-refractivity contribution in [1.29, 1.82) is 5.26 Å². The van der Waals surface area contributed by atoms with E-state index >= 15 is 0 Å². The zero-order valence-electron chi connectivity index (χ0n) is 10.6. The van der Waals surface area contributed by atoms with Crippen molar-refractivity contribution < 1.29 is 0 Å². The maximum atomic E-state index is 8.89. The first-order valence-electron chi connectivity index (χ1n) is 5.95. The molecule has 0 amide bonds.